The van der Waals surface area contributed by atoms with Gasteiger partial charge in [-0.15, -0.1) is 0 Å². The molecule has 0 nitrogen and oxygen atoms in total. The minimum absolute atomic E-state index is 0.0214. The Morgan fingerprint density at radius 3 is 1.89 bits per heavy atom. The zero-order chi connectivity index (χ0) is 25.2. The highest BCUT2D eigenvalue weighted by molar-refractivity contribution is 6.28. The third-order valence-electron chi connectivity index (χ3n) is 10.5. The fraction of sp³-hybridized carbons (Fsp3) is 0.243. The van der Waals surface area contributed by atoms with Gasteiger partial charge in [0.25, 0.3) is 0 Å². The summed E-state index contributed by atoms with van der Waals surface area (Å²) in [6, 6.07) is 28.3. The van der Waals surface area contributed by atoms with Gasteiger partial charge in [0.05, 0.1) is 0 Å². The Hall–Kier alpha value is -3.64. The van der Waals surface area contributed by atoms with E-state index < -0.39 is 0 Å². The lowest BCUT2D eigenvalue weighted by Crippen LogP contribution is -2.27. The van der Waals surface area contributed by atoms with Crippen LogP contribution in [0, 0.1) is 0 Å². The molecular formula is C37H30. The topological polar surface area (TPSA) is 0 Å². The van der Waals surface area contributed by atoms with E-state index in [2.05, 4.69) is 114 Å². The van der Waals surface area contributed by atoms with E-state index in [1.807, 2.05) is 0 Å². The number of fused-ring (bicyclic) bond motifs is 4. The van der Waals surface area contributed by atoms with Crippen molar-refractivity contribution < 1.29 is 0 Å². The quantitative estimate of drug-likeness (QED) is 0.192. The maximum Gasteiger partial charge on any atom is 0.0162 e. The van der Waals surface area contributed by atoms with Crippen molar-refractivity contribution in [2.24, 2.45) is 0 Å². The molecular weight excluding hydrogens is 444 g/mol. The van der Waals surface area contributed by atoms with Crippen LogP contribution < -0.4 is 0 Å². The summed E-state index contributed by atoms with van der Waals surface area (Å²) in [5.41, 5.74) is 14.8. The van der Waals surface area contributed by atoms with Crippen molar-refractivity contribution in [3.8, 4) is 22.3 Å². The molecule has 0 aliphatic heterocycles. The van der Waals surface area contributed by atoms with E-state index in [1.54, 1.807) is 11.1 Å². The van der Waals surface area contributed by atoms with Gasteiger partial charge in [-0.1, -0.05) is 96.1 Å². The minimum atomic E-state index is -0.0878. The van der Waals surface area contributed by atoms with Gasteiger partial charge in [0.15, 0.2) is 0 Å². The van der Waals surface area contributed by atoms with E-state index in [0.717, 1.165) is 0 Å². The standard InChI is InChI=1S/C37H30/c1-35(2)25-16-20-11-9-10-19-14-15-21-17-26-31(30(25)29(21)28(19)20)32-27(35)18-23-22-12-7-8-13-24(22)36(3,4)33(23)34(32)37(26,5)6/h7-18H,1-6H3. The van der Waals surface area contributed by atoms with Crippen LogP contribution in [0.15, 0.2) is 72.8 Å². The molecule has 0 atom stereocenters. The van der Waals surface area contributed by atoms with Crippen LogP contribution in [0.4, 0.5) is 0 Å². The van der Waals surface area contributed by atoms with E-state index in [1.165, 1.54) is 76.8 Å². The molecule has 0 N–H and O–H groups in total. The van der Waals surface area contributed by atoms with Crippen LogP contribution in [0.5, 0.6) is 0 Å². The summed E-state index contributed by atoms with van der Waals surface area (Å²) in [7, 11) is 0. The first-order valence-electron chi connectivity index (χ1n) is 13.7. The molecule has 0 unspecified atom stereocenters. The van der Waals surface area contributed by atoms with Gasteiger partial charge in [-0.3, -0.25) is 0 Å². The second-order valence-electron chi connectivity index (χ2n) is 13.4. The number of hydrogen-bond acceptors (Lipinski definition) is 0. The molecule has 9 rings (SSSR count). The average Bonchev–Trinajstić information content (AvgIpc) is 3.25. The van der Waals surface area contributed by atoms with E-state index in [0.29, 0.717) is 0 Å². The first-order chi connectivity index (χ1) is 17.6. The van der Waals surface area contributed by atoms with Gasteiger partial charge < -0.3 is 0 Å². The zero-order valence-electron chi connectivity index (χ0n) is 22.4. The molecule has 178 valence electrons. The predicted molar refractivity (Wildman–Crippen MR) is 157 cm³/mol. The van der Waals surface area contributed by atoms with Gasteiger partial charge in [0, 0.05) is 16.2 Å². The molecule has 0 amide bonds. The second kappa shape index (κ2) is 5.76. The zero-order valence-corrected chi connectivity index (χ0v) is 22.4. The lowest BCUT2D eigenvalue weighted by Gasteiger charge is -2.37. The third kappa shape index (κ3) is 1.99. The summed E-state index contributed by atoms with van der Waals surface area (Å²) < 4.78 is 0. The third-order valence-corrected chi connectivity index (χ3v) is 10.5. The first-order valence-corrected chi connectivity index (χ1v) is 13.7. The summed E-state index contributed by atoms with van der Waals surface area (Å²) >= 11 is 0. The molecule has 6 aromatic carbocycles. The summed E-state index contributed by atoms with van der Waals surface area (Å²) in [6.45, 7) is 14.8. The lowest BCUT2D eigenvalue weighted by molar-refractivity contribution is 0.597. The van der Waals surface area contributed by atoms with E-state index in [4.69, 9.17) is 0 Å². The van der Waals surface area contributed by atoms with Crippen molar-refractivity contribution >= 4 is 32.3 Å². The molecule has 0 aromatic heterocycles. The molecule has 0 fully saturated rings. The average molecular weight is 475 g/mol. The lowest BCUT2D eigenvalue weighted by atomic mass is 9.65. The van der Waals surface area contributed by atoms with Crippen LogP contribution in [0.25, 0.3) is 54.6 Å². The smallest absolute Gasteiger partial charge is 0.0162 e. The second-order valence-corrected chi connectivity index (χ2v) is 13.4. The Morgan fingerprint density at radius 1 is 0.405 bits per heavy atom. The Labute approximate surface area is 218 Å². The summed E-state index contributed by atoms with van der Waals surface area (Å²) in [5, 5.41) is 8.51. The van der Waals surface area contributed by atoms with Gasteiger partial charge >= 0.3 is 0 Å². The predicted octanol–water partition coefficient (Wildman–Crippen LogP) is 9.84. The minimum Gasteiger partial charge on any atom is -0.0619 e. The summed E-state index contributed by atoms with van der Waals surface area (Å²) in [6.07, 6.45) is 0. The first kappa shape index (κ1) is 20.4. The molecule has 0 heterocycles. The van der Waals surface area contributed by atoms with Crippen LogP contribution in [-0.4, -0.2) is 0 Å². The van der Waals surface area contributed by atoms with Gasteiger partial charge in [-0.05, 0) is 106 Å². The highest BCUT2D eigenvalue weighted by atomic mass is 14.5. The van der Waals surface area contributed by atoms with Crippen molar-refractivity contribution in [3.05, 3.63) is 106 Å². The van der Waals surface area contributed by atoms with Gasteiger partial charge in [-0.25, -0.2) is 0 Å². The maximum absolute atomic E-state index is 2.59. The molecule has 0 heteroatoms. The van der Waals surface area contributed by atoms with Crippen LogP contribution in [0.1, 0.15) is 74.9 Å². The summed E-state index contributed by atoms with van der Waals surface area (Å²) in [5.74, 6) is 0. The largest absolute Gasteiger partial charge is 0.0619 e. The van der Waals surface area contributed by atoms with Crippen molar-refractivity contribution in [3.63, 3.8) is 0 Å². The van der Waals surface area contributed by atoms with Gasteiger partial charge in [-0.2, -0.15) is 0 Å². The monoisotopic (exact) mass is 474 g/mol. The van der Waals surface area contributed by atoms with E-state index >= 15 is 0 Å². The van der Waals surface area contributed by atoms with Crippen LogP contribution in [0.2, 0.25) is 0 Å². The highest BCUT2D eigenvalue weighted by Gasteiger charge is 2.51. The molecule has 3 aliphatic carbocycles. The van der Waals surface area contributed by atoms with Crippen molar-refractivity contribution in [2.45, 2.75) is 57.8 Å². The van der Waals surface area contributed by atoms with E-state index in [-0.39, 0.29) is 16.2 Å². The molecule has 0 saturated carbocycles. The SMILES string of the molecule is CC1(C)c2ccccc2-c2cc3c4c(c21)C(C)(C)c1cc2ccc5cccc6cc(c(c1-4)c2c56)C3(C)C. The van der Waals surface area contributed by atoms with Gasteiger partial charge in [0.2, 0.25) is 0 Å². The van der Waals surface area contributed by atoms with Crippen molar-refractivity contribution in [1.29, 1.82) is 0 Å². The fourth-order valence-electron chi connectivity index (χ4n) is 8.76. The van der Waals surface area contributed by atoms with Crippen molar-refractivity contribution in [1.82, 2.24) is 0 Å². The molecule has 0 saturated heterocycles. The Balaban J connectivity index is 1.58. The Kier molecular flexibility index (Phi) is 3.18. The number of benzene rings is 6. The van der Waals surface area contributed by atoms with Crippen molar-refractivity contribution in [2.75, 3.05) is 0 Å². The maximum atomic E-state index is 2.59. The molecule has 0 spiro atoms. The normalized spacial score (nSPS) is 18.6. The molecule has 37 heavy (non-hydrogen) atoms. The van der Waals surface area contributed by atoms with Crippen LogP contribution >= 0.6 is 0 Å². The van der Waals surface area contributed by atoms with E-state index in [9.17, 15) is 0 Å². The fourth-order valence-corrected chi connectivity index (χ4v) is 8.76. The number of hydrogen-bond donors (Lipinski definition) is 0. The Morgan fingerprint density at radius 2 is 1.05 bits per heavy atom. The summed E-state index contributed by atoms with van der Waals surface area (Å²) in [4.78, 5) is 0. The number of rotatable bonds is 0. The highest BCUT2D eigenvalue weighted by Crippen LogP contribution is 2.66. The van der Waals surface area contributed by atoms with Crippen LogP contribution in [-0.2, 0) is 16.2 Å². The molecule has 6 aromatic rings. The molecule has 0 bridgehead atoms. The Bertz CT molecular complexity index is 2040. The molecule has 3 aliphatic rings. The van der Waals surface area contributed by atoms with Gasteiger partial charge in [0.1, 0.15) is 0 Å². The molecule has 0 radical (unpaired) electrons. The van der Waals surface area contributed by atoms with Crippen LogP contribution in [0.3, 0.4) is 0 Å².